The largest absolute Gasteiger partial charge is 0.463 e. The number of nitrogens with zero attached hydrogens (tertiary/aromatic N) is 5. The Morgan fingerprint density at radius 3 is 2.78 bits per heavy atom. The molecule has 0 aliphatic carbocycles. The van der Waals surface area contributed by atoms with E-state index in [0.29, 0.717) is 39.4 Å². The molecule has 1 N–H and O–H groups in total. The number of fused-ring (bicyclic) bond motifs is 2. The van der Waals surface area contributed by atoms with Gasteiger partial charge in [0.1, 0.15) is 17.3 Å². The number of carbonyl (C=O) groups is 2. The summed E-state index contributed by atoms with van der Waals surface area (Å²) in [6.07, 6.45) is 4.41. The summed E-state index contributed by atoms with van der Waals surface area (Å²) in [6.45, 7) is 5.64. The van der Waals surface area contributed by atoms with E-state index in [1.807, 2.05) is 6.07 Å². The lowest BCUT2D eigenvalue weighted by Crippen LogP contribution is -2.27. The maximum atomic E-state index is 14.4. The van der Waals surface area contributed by atoms with E-state index in [-0.39, 0.29) is 30.7 Å². The molecule has 0 spiro atoms. The Morgan fingerprint density at radius 2 is 2.00 bits per heavy atom. The SMILES string of the molecule is CCOC(=O)C=Cc1nc(-c2nn(Cc3ccccc3F)c3ncccc23)nc2c1C(C)(C)C(=O)N2. The van der Waals surface area contributed by atoms with E-state index < -0.39 is 11.4 Å². The van der Waals surface area contributed by atoms with Gasteiger partial charge in [-0.05, 0) is 45.0 Å². The fourth-order valence-electron chi connectivity index (χ4n) is 4.20. The summed E-state index contributed by atoms with van der Waals surface area (Å²) < 4.78 is 20.9. The standard InChI is InChI=1S/C26H23FN6O3/c1-4-36-19(34)12-11-18-20-22(31-25(35)26(20,2)3)30-23(29-18)21-16-9-7-13-28-24(16)33(32-21)14-15-8-5-6-10-17(15)27/h5-13H,4,14H2,1-3H3,(H,29,30,31,35). The number of carbonyl (C=O) groups excluding carboxylic acids is 2. The molecule has 5 rings (SSSR count). The molecule has 0 fully saturated rings. The van der Waals surface area contributed by atoms with E-state index in [0.717, 1.165) is 0 Å². The van der Waals surface area contributed by atoms with Crippen LogP contribution in [0, 0.1) is 5.82 Å². The number of amides is 1. The van der Waals surface area contributed by atoms with Crippen molar-refractivity contribution < 1.29 is 18.7 Å². The van der Waals surface area contributed by atoms with Gasteiger partial charge in [-0.25, -0.2) is 28.8 Å². The summed E-state index contributed by atoms with van der Waals surface area (Å²) in [5.74, 6) is -0.514. The molecule has 182 valence electrons. The number of anilines is 1. The number of ether oxygens (including phenoxy) is 1. The highest BCUT2D eigenvalue weighted by molar-refractivity contribution is 6.06. The number of hydrogen-bond acceptors (Lipinski definition) is 7. The summed E-state index contributed by atoms with van der Waals surface area (Å²) in [6, 6.07) is 10.1. The highest BCUT2D eigenvalue weighted by atomic mass is 19.1. The average molecular weight is 487 g/mol. The van der Waals surface area contributed by atoms with Crippen LogP contribution in [0.25, 0.3) is 28.6 Å². The van der Waals surface area contributed by atoms with Crippen LogP contribution in [-0.4, -0.2) is 43.2 Å². The van der Waals surface area contributed by atoms with Gasteiger partial charge in [0.25, 0.3) is 0 Å². The first-order valence-corrected chi connectivity index (χ1v) is 11.4. The summed E-state index contributed by atoms with van der Waals surface area (Å²) in [4.78, 5) is 38.4. The number of benzene rings is 1. The van der Waals surface area contributed by atoms with Crippen LogP contribution in [0.1, 0.15) is 37.6 Å². The first kappa shape index (κ1) is 23.3. The second-order valence-corrected chi connectivity index (χ2v) is 8.79. The average Bonchev–Trinajstić information content (AvgIpc) is 3.33. The Labute approximate surface area is 206 Å². The summed E-state index contributed by atoms with van der Waals surface area (Å²) in [5, 5.41) is 8.15. The van der Waals surface area contributed by atoms with Crippen LogP contribution in [0.15, 0.2) is 48.7 Å². The predicted molar refractivity (Wildman–Crippen MR) is 131 cm³/mol. The topological polar surface area (TPSA) is 112 Å². The number of pyridine rings is 1. The van der Waals surface area contributed by atoms with Crippen LogP contribution < -0.4 is 5.32 Å². The van der Waals surface area contributed by atoms with E-state index in [2.05, 4.69) is 25.4 Å². The van der Waals surface area contributed by atoms with Crippen LogP contribution in [0.5, 0.6) is 0 Å². The third-order valence-corrected chi connectivity index (χ3v) is 6.02. The third kappa shape index (κ3) is 4.00. The molecule has 0 unspecified atom stereocenters. The lowest BCUT2D eigenvalue weighted by atomic mass is 9.85. The number of aromatic nitrogens is 5. The number of rotatable bonds is 6. The van der Waals surface area contributed by atoms with Gasteiger partial charge in [0.2, 0.25) is 5.91 Å². The highest BCUT2D eigenvalue weighted by Gasteiger charge is 2.42. The molecule has 0 radical (unpaired) electrons. The fourth-order valence-corrected chi connectivity index (χ4v) is 4.20. The molecule has 36 heavy (non-hydrogen) atoms. The van der Waals surface area contributed by atoms with Gasteiger partial charge in [-0.1, -0.05) is 18.2 Å². The predicted octanol–water partition coefficient (Wildman–Crippen LogP) is 3.88. The first-order valence-electron chi connectivity index (χ1n) is 11.4. The van der Waals surface area contributed by atoms with Crippen molar-refractivity contribution in [3.63, 3.8) is 0 Å². The Hall–Kier alpha value is -4.47. The van der Waals surface area contributed by atoms with Gasteiger partial charge in [-0.15, -0.1) is 0 Å². The van der Waals surface area contributed by atoms with Crippen LogP contribution in [0.2, 0.25) is 0 Å². The van der Waals surface area contributed by atoms with E-state index in [1.165, 1.54) is 18.2 Å². The summed E-state index contributed by atoms with van der Waals surface area (Å²) in [7, 11) is 0. The number of esters is 1. The normalized spacial score (nSPS) is 14.3. The Morgan fingerprint density at radius 1 is 1.19 bits per heavy atom. The van der Waals surface area contributed by atoms with Crippen molar-refractivity contribution in [3.8, 4) is 11.5 Å². The minimum absolute atomic E-state index is 0.157. The molecule has 9 nitrogen and oxygen atoms in total. The van der Waals surface area contributed by atoms with Gasteiger partial charge in [0, 0.05) is 23.4 Å². The third-order valence-electron chi connectivity index (χ3n) is 6.02. The molecule has 0 atom stereocenters. The summed E-state index contributed by atoms with van der Waals surface area (Å²) in [5.41, 5.74) is 1.48. The second kappa shape index (κ2) is 8.95. The lowest BCUT2D eigenvalue weighted by Gasteiger charge is -2.16. The smallest absolute Gasteiger partial charge is 0.330 e. The zero-order valence-corrected chi connectivity index (χ0v) is 19.9. The van der Waals surface area contributed by atoms with Gasteiger partial charge in [-0.2, -0.15) is 5.10 Å². The Bertz CT molecular complexity index is 1540. The van der Waals surface area contributed by atoms with Crippen molar-refractivity contribution in [2.45, 2.75) is 32.7 Å². The minimum atomic E-state index is -0.907. The van der Waals surface area contributed by atoms with Crippen LogP contribution in [-0.2, 0) is 26.3 Å². The van der Waals surface area contributed by atoms with Gasteiger partial charge in [0.05, 0.1) is 29.6 Å². The van der Waals surface area contributed by atoms with Crippen molar-refractivity contribution in [3.05, 3.63) is 71.3 Å². The zero-order valence-electron chi connectivity index (χ0n) is 19.9. The quantitative estimate of drug-likeness (QED) is 0.325. The molecule has 1 amide bonds. The lowest BCUT2D eigenvalue weighted by molar-refractivity contribution is -0.137. The van der Waals surface area contributed by atoms with Crippen molar-refractivity contribution in [1.29, 1.82) is 0 Å². The highest BCUT2D eigenvalue weighted by Crippen LogP contribution is 2.40. The van der Waals surface area contributed by atoms with Crippen molar-refractivity contribution in [2.24, 2.45) is 0 Å². The van der Waals surface area contributed by atoms with Crippen molar-refractivity contribution >= 4 is 34.8 Å². The molecular weight excluding hydrogens is 463 g/mol. The molecule has 1 aromatic carbocycles. The molecule has 0 saturated carbocycles. The Kier molecular flexibility index (Phi) is 5.79. The molecular formula is C26H23FN6O3. The fraction of sp³-hybridized carbons (Fsp3) is 0.231. The molecule has 3 aromatic heterocycles. The van der Waals surface area contributed by atoms with Gasteiger partial charge in [-0.3, -0.25) is 4.79 Å². The van der Waals surface area contributed by atoms with E-state index in [4.69, 9.17) is 4.74 Å². The maximum Gasteiger partial charge on any atom is 0.330 e. The van der Waals surface area contributed by atoms with Crippen LogP contribution in [0.3, 0.4) is 0 Å². The molecule has 4 aromatic rings. The molecule has 1 aliphatic heterocycles. The Balaban J connectivity index is 1.66. The zero-order chi connectivity index (χ0) is 25.4. The maximum absolute atomic E-state index is 14.4. The number of hydrogen-bond donors (Lipinski definition) is 1. The number of halogens is 1. The second-order valence-electron chi connectivity index (χ2n) is 8.79. The van der Waals surface area contributed by atoms with Crippen LogP contribution in [0.4, 0.5) is 10.2 Å². The first-order chi connectivity index (χ1) is 17.3. The summed E-state index contributed by atoms with van der Waals surface area (Å²) >= 11 is 0. The molecule has 0 bridgehead atoms. The van der Waals surface area contributed by atoms with Gasteiger partial charge >= 0.3 is 5.97 Å². The van der Waals surface area contributed by atoms with E-state index in [1.54, 1.807) is 55.9 Å². The van der Waals surface area contributed by atoms with E-state index in [9.17, 15) is 14.0 Å². The van der Waals surface area contributed by atoms with E-state index >= 15 is 0 Å². The van der Waals surface area contributed by atoms with Crippen LogP contribution >= 0.6 is 0 Å². The van der Waals surface area contributed by atoms with Crippen molar-refractivity contribution in [2.75, 3.05) is 11.9 Å². The minimum Gasteiger partial charge on any atom is -0.463 e. The molecule has 0 saturated heterocycles. The van der Waals surface area contributed by atoms with Crippen molar-refractivity contribution in [1.82, 2.24) is 24.7 Å². The molecule has 10 heteroatoms. The van der Waals surface area contributed by atoms with Gasteiger partial charge < -0.3 is 10.1 Å². The monoisotopic (exact) mass is 486 g/mol. The number of nitrogens with one attached hydrogen (secondary N) is 1. The molecule has 4 heterocycles. The van der Waals surface area contributed by atoms with Gasteiger partial charge in [0.15, 0.2) is 11.5 Å². The molecule has 1 aliphatic rings.